The van der Waals surface area contributed by atoms with Crippen molar-refractivity contribution in [3.63, 3.8) is 0 Å². The molecule has 1 saturated heterocycles. The number of benzene rings is 1. The number of hydrogen-bond acceptors (Lipinski definition) is 8. The van der Waals surface area contributed by atoms with Crippen LogP contribution in [0.4, 0.5) is 0 Å². The largest absolute Gasteiger partial charge is 0.508 e. The van der Waals surface area contributed by atoms with E-state index in [0.717, 1.165) is 0 Å². The van der Waals surface area contributed by atoms with Gasteiger partial charge in [-0.05, 0) is 30.5 Å². The normalized spacial score (nSPS) is 17.3. The van der Waals surface area contributed by atoms with E-state index in [1.165, 1.54) is 29.6 Å². The second kappa shape index (κ2) is 12.7. The fraction of sp³-hybridized carbons (Fsp3) is 0.417. The van der Waals surface area contributed by atoms with Gasteiger partial charge in [0.05, 0.1) is 18.8 Å². The van der Waals surface area contributed by atoms with Crippen molar-refractivity contribution in [3.8, 4) is 5.75 Å². The van der Waals surface area contributed by atoms with Crippen LogP contribution in [-0.2, 0) is 36.8 Å². The number of H-pyrrole nitrogens is 1. The Morgan fingerprint density at radius 2 is 1.74 bits per heavy atom. The SMILES string of the molecule is NC(CC(=O)O)C(=O)NC(Cc1cnc[nH]1)C(=O)NC(Cc1ccc(O)cc1)C(=O)N1CCCC1C(=O)O. The Kier molecular flexibility index (Phi) is 9.38. The van der Waals surface area contributed by atoms with Gasteiger partial charge < -0.3 is 41.6 Å². The van der Waals surface area contributed by atoms with Gasteiger partial charge >= 0.3 is 11.9 Å². The molecule has 3 rings (SSSR count). The van der Waals surface area contributed by atoms with Gasteiger partial charge in [-0.2, -0.15) is 0 Å². The monoisotopic (exact) mass is 530 g/mol. The molecule has 1 aliphatic heterocycles. The predicted octanol–water partition coefficient (Wildman–Crippen LogP) is -1.25. The number of nitrogens with zero attached hydrogens (tertiary/aromatic N) is 2. The molecule has 2 heterocycles. The average Bonchev–Trinajstić information content (AvgIpc) is 3.56. The number of aliphatic carboxylic acids is 2. The molecular weight excluding hydrogens is 500 g/mol. The van der Waals surface area contributed by atoms with Crippen LogP contribution in [0.25, 0.3) is 0 Å². The second-order valence-corrected chi connectivity index (χ2v) is 9.01. The number of nitrogens with two attached hydrogens (primary N) is 1. The molecule has 4 unspecified atom stereocenters. The summed E-state index contributed by atoms with van der Waals surface area (Å²) in [5.41, 5.74) is 6.71. The molecule has 0 saturated carbocycles. The number of phenols is 1. The predicted molar refractivity (Wildman–Crippen MR) is 131 cm³/mol. The first-order valence-corrected chi connectivity index (χ1v) is 11.9. The Bertz CT molecular complexity index is 1150. The fourth-order valence-electron chi connectivity index (χ4n) is 4.21. The van der Waals surface area contributed by atoms with E-state index in [9.17, 15) is 34.2 Å². The van der Waals surface area contributed by atoms with Gasteiger partial charge in [-0.3, -0.25) is 19.2 Å². The van der Waals surface area contributed by atoms with Crippen molar-refractivity contribution in [3.05, 3.63) is 48.0 Å². The third-order valence-electron chi connectivity index (χ3n) is 6.15. The number of amides is 3. The van der Waals surface area contributed by atoms with Crippen molar-refractivity contribution >= 4 is 29.7 Å². The first-order chi connectivity index (χ1) is 18.0. The Morgan fingerprint density at radius 3 is 2.34 bits per heavy atom. The number of aromatic amines is 1. The van der Waals surface area contributed by atoms with Crippen LogP contribution < -0.4 is 16.4 Å². The molecule has 4 atom stereocenters. The molecular formula is C24H30N6O8. The zero-order valence-corrected chi connectivity index (χ0v) is 20.4. The van der Waals surface area contributed by atoms with Gasteiger partial charge in [0.25, 0.3) is 0 Å². The molecule has 204 valence electrons. The lowest BCUT2D eigenvalue weighted by Gasteiger charge is -2.29. The molecule has 0 radical (unpaired) electrons. The average molecular weight is 531 g/mol. The number of aromatic hydroxyl groups is 1. The van der Waals surface area contributed by atoms with Crippen molar-refractivity contribution in [2.45, 2.75) is 56.3 Å². The van der Waals surface area contributed by atoms with Gasteiger partial charge in [0.2, 0.25) is 17.7 Å². The van der Waals surface area contributed by atoms with E-state index in [-0.39, 0.29) is 31.6 Å². The lowest BCUT2D eigenvalue weighted by molar-refractivity contribution is -0.149. The van der Waals surface area contributed by atoms with Gasteiger partial charge in [0.1, 0.15) is 23.9 Å². The van der Waals surface area contributed by atoms with Gasteiger partial charge in [-0.25, -0.2) is 9.78 Å². The summed E-state index contributed by atoms with van der Waals surface area (Å²) >= 11 is 0. The smallest absolute Gasteiger partial charge is 0.326 e. The first-order valence-electron chi connectivity index (χ1n) is 11.9. The number of likely N-dealkylation sites (tertiary alicyclic amines) is 1. The highest BCUT2D eigenvalue weighted by molar-refractivity contribution is 5.95. The quantitative estimate of drug-likeness (QED) is 0.172. The Morgan fingerprint density at radius 1 is 1.05 bits per heavy atom. The topological polar surface area (TPSA) is 228 Å². The number of carboxylic acids is 2. The highest BCUT2D eigenvalue weighted by Gasteiger charge is 2.38. The highest BCUT2D eigenvalue weighted by Crippen LogP contribution is 2.20. The lowest BCUT2D eigenvalue weighted by atomic mass is 10.0. The Labute approximate surface area is 217 Å². The maximum absolute atomic E-state index is 13.5. The molecule has 0 aliphatic carbocycles. The van der Waals surface area contributed by atoms with Crippen LogP contribution in [0.3, 0.4) is 0 Å². The van der Waals surface area contributed by atoms with Gasteiger partial charge in [-0.1, -0.05) is 12.1 Å². The van der Waals surface area contributed by atoms with Crippen molar-refractivity contribution < 1.29 is 39.3 Å². The number of hydrogen-bond donors (Lipinski definition) is 7. The number of phenolic OH excluding ortho intramolecular Hbond substituents is 1. The summed E-state index contributed by atoms with van der Waals surface area (Å²) in [7, 11) is 0. The summed E-state index contributed by atoms with van der Waals surface area (Å²) in [6, 6.07) is 1.06. The third-order valence-corrected chi connectivity index (χ3v) is 6.15. The Balaban J connectivity index is 1.84. The summed E-state index contributed by atoms with van der Waals surface area (Å²) in [6.07, 6.45) is 2.83. The number of carbonyl (C=O) groups is 5. The molecule has 0 bridgehead atoms. The molecule has 3 amide bonds. The number of rotatable bonds is 12. The second-order valence-electron chi connectivity index (χ2n) is 9.01. The lowest BCUT2D eigenvalue weighted by Crippen LogP contribution is -2.58. The van der Waals surface area contributed by atoms with Crippen molar-refractivity contribution in [2.24, 2.45) is 5.73 Å². The van der Waals surface area contributed by atoms with E-state index in [1.807, 2.05) is 0 Å². The summed E-state index contributed by atoms with van der Waals surface area (Å²) < 4.78 is 0. The van der Waals surface area contributed by atoms with Crippen LogP contribution in [0.15, 0.2) is 36.8 Å². The number of carbonyl (C=O) groups excluding carboxylic acids is 3. The molecule has 1 aliphatic rings. The third kappa shape index (κ3) is 7.52. The van der Waals surface area contributed by atoms with Crippen LogP contribution in [0, 0.1) is 0 Å². The van der Waals surface area contributed by atoms with E-state index < -0.39 is 60.2 Å². The summed E-state index contributed by atoms with van der Waals surface area (Å²) in [6.45, 7) is 0.204. The summed E-state index contributed by atoms with van der Waals surface area (Å²) in [4.78, 5) is 69.9. The van der Waals surface area contributed by atoms with Crippen LogP contribution in [0.5, 0.6) is 5.75 Å². The Hall–Kier alpha value is -4.46. The van der Waals surface area contributed by atoms with E-state index in [1.54, 1.807) is 12.1 Å². The molecule has 0 spiro atoms. The maximum atomic E-state index is 13.5. The van der Waals surface area contributed by atoms with Crippen molar-refractivity contribution in [1.29, 1.82) is 0 Å². The number of carboxylic acid groups (broad SMARTS) is 2. The minimum absolute atomic E-state index is 0.00572. The first kappa shape index (κ1) is 28.1. The van der Waals surface area contributed by atoms with Crippen LogP contribution in [0.2, 0.25) is 0 Å². The molecule has 8 N–H and O–H groups in total. The molecule has 1 aromatic heterocycles. The summed E-state index contributed by atoms with van der Waals surface area (Å²) in [5, 5.41) is 33.1. The van der Waals surface area contributed by atoms with Crippen molar-refractivity contribution in [1.82, 2.24) is 25.5 Å². The van der Waals surface area contributed by atoms with Crippen LogP contribution in [0.1, 0.15) is 30.5 Å². The van der Waals surface area contributed by atoms with Gasteiger partial charge in [0, 0.05) is 31.3 Å². The van der Waals surface area contributed by atoms with E-state index >= 15 is 0 Å². The molecule has 14 heteroatoms. The maximum Gasteiger partial charge on any atom is 0.326 e. The minimum atomic E-state index is -1.42. The van der Waals surface area contributed by atoms with Gasteiger partial charge in [0.15, 0.2) is 0 Å². The highest BCUT2D eigenvalue weighted by atomic mass is 16.4. The molecule has 14 nitrogen and oxygen atoms in total. The standard InChI is InChI=1S/C24H30N6O8/c25-16(10-20(32)33)21(34)28-17(9-14-11-26-12-27-14)22(35)29-18(8-13-3-5-15(31)6-4-13)23(36)30-7-1-2-19(30)24(37)38/h3-6,11-12,16-19,31H,1-2,7-10,25H2,(H,26,27)(H,28,34)(H,29,35)(H,32,33)(H,37,38). The number of imidazole rings is 1. The molecule has 38 heavy (non-hydrogen) atoms. The van der Waals surface area contributed by atoms with E-state index in [2.05, 4.69) is 20.6 Å². The molecule has 2 aromatic rings. The van der Waals surface area contributed by atoms with Gasteiger partial charge in [-0.15, -0.1) is 0 Å². The van der Waals surface area contributed by atoms with Crippen molar-refractivity contribution in [2.75, 3.05) is 6.54 Å². The van der Waals surface area contributed by atoms with E-state index in [4.69, 9.17) is 10.8 Å². The fourth-order valence-corrected chi connectivity index (χ4v) is 4.21. The number of aromatic nitrogens is 2. The zero-order chi connectivity index (χ0) is 27.8. The van der Waals surface area contributed by atoms with Crippen LogP contribution in [-0.4, -0.2) is 90.6 Å². The zero-order valence-electron chi connectivity index (χ0n) is 20.4. The van der Waals surface area contributed by atoms with E-state index in [0.29, 0.717) is 17.7 Å². The number of nitrogens with one attached hydrogen (secondary N) is 3. The summed E-state index contributed by atoms with van der Waals surface area (Å²) in [5.74, 6) is -4.68. The molecule has 1 aromatic carbocycles. The molecule has 1 fully saturated rings. The minimum Gasteiger partial charge on any atom is -0.508 e. The van der Waals surface area contributed by atoms with Crippen LogP contribution >= 0.6 is 0 Å².